The SMILES string of the molecule is CC(CCCC(=O)O)Nc1cncc(OC(C)C)n1. The van der Waals surface area contributed by atoms with Crippen LogP contribution in [-0.4, -0.2) is 33.2 Å². The van der Waals surface area contributed by atoms with Crippen molar-refractivity contribution in [3.8, 4) is 5.88 Å². The third-order valence-corrected chi connectivity index (χ3v) is 2.39. The van der Waals surface area contributed by atoms with Gasteiger partial charge in [-0.3, -0.25) is 9.78 Å². The van der Waals surface area contributed by atoms with E-state index in [-0.39, 0.29) is 18.6 Å². The van der Waals surface area contributed by atoms with E-state index in [4.69, 9.17) is 9.84 Å². The van der Waals surface area contributed by atoms with Crippen molar-refractivity contribution in [3.05, 3.63) is 12.4 Å². The molecule has 0 saturated heterocycles. The van der Waals surface area contributed by atoms with E-state index in [2.05, 4.69) is 15.3 Å². The van der Waals surface area contributed by atoms with Gasteiger partial charge in [-0.25, -0.2) is 0 Å². The Morgan fingerprint density at radius 3 is 2.79 bits per heavy atom. The molecular weight excluding hydrogens is 246 g/mol. The molecule has 106 valence electrons. The van der Waals surface area contributed by atoms with Crippen molar-refractivity contribution >= 4 is 11.8 Å². The molecule has 0 amide bonds. The number of anilines is 1. The van der Waals surface area contributed by atoms with Gasteiger partial charge < -0.3 is 15.2 Å². The van der Waals surface area contributed by atoms with Crippen molar-refractivity contribution in [2.75, 3.05) is 5.32 Å². The molecule has 6 nitrogen and oxygen atoms in total. The van der Waals surface area contributed by atoms with Crippen LogP contribution in [-0.2, 0) is 4.79 Å². The van der Waals surface area contributed by atoms with Crippen LogP contribution >= 0.6 is 0 Å². The standard InChI is InChI=1S/C13H21N3O3/c1-9(2)19-12-8-14-7-11(16-12)15-10(3)5-4-6-13(17)18/h7-10H,4-6H2,1-3H3,(H,15,16)(H,17,18). The molecule has 19 heavy (non-hydrogen) atoms. The van der Waals surface area contributed by atoms with Gasteiger partial charge in [0.2, 0.25) is 5.88 Å². The molecule has 1 rings (SSSR count). The van der Waals surface area contributed by atoms with E-state index in [0.29, 0.717) is 18.1 Å². The fourth-order valence-corrected chi connectivity index (χ4v) is 1.60. The fourth-order valence-electron chi connectivity index (χ4n) is 1.60. The van der Waals surface area contributed by atoms with Crippen LogP contribution in [0.1, 0.15) is 40.0 Å². The third-order valence-electron chi connectivity index (χ3n) is 2.39. The monoisotopic (exact) mass is 267 g/mol. The molecule has 0 spiro atoms. The maximum atomic E-state index is 10.4. The highest BCUT2D eigenvalue weighted by Gasteiger charge is 2.07. The number of carboxylic acid groups (broad SMARTS) is 1. The number of carbonyl (C=O) groups is 1. The average molecular weight is 267 g/mol. The Kier molecular flexibility index (Phi) is 6.05. The lowest BCUT2D eigenvalue weighted by atomic mass is 10.1. The fraction of sp³-hybridized carbons (Fsp3) is 0.615. The lowest BCUT2D eigenvalue weighted by Gasteiger charge is -2.15. The first kappa shape index (κ1) is 15.2. The number of aliphatic carboxylic acids is 1. The van der Waals surface area contributed by atoms with E-state index >= 15 is 0 Å². The summed E-state index contributed by atoms with van der Waals surface area (Å²) in [5.41, 5.74) is 0. The van der Waals surface area contributed by atoms with Crippen LogP contribution in [0.15, 0.2) is 12.4 Å². The van der Waals surface area contributed by atoms with E-state index in [9.17, 15) is 4.79 Å². The topological polar surface area (TPSA) is 84.3 Å². The predicted molar refractivity (Wildman–Crippen MR) is 72.4 cm³/mol. The summed E-state index contributed by atoms with van der Waals surface area (Å²) < 4.78 is 5.46. The molecule has 0 bridgehead atoms. The Morgan fingerprint density at radius 2 is 2.16 bits per heavy atom. The minimum absolute atomic E-state index is 0.0533. The molecule has 1 heterocycles. The van der Waals surface area contributed by atoms with Crippen molar-refractivity contribution < 1.29 is 14.6 Å². The lowest BCUT2D eigenvalue weighted by molar-refractivity contribution is -0.137. The number of nitrogens with one attached hydrogen (secondary N) is 1. The minimum Gasteiger partial charge on any atom is -0.481 e. The molecule has 1 atom stereocenters. The Labute approximate surface area is 113 Å². The smallest absolute Gasteiger partial charge is 0.303 e. The van der Waals surface area contributed by atoms with Crippen molar-refractivity contribution in [2.24, 2.45) is 0 Å². The molecule has 1 aromatic heterocycles. The zero-order chi connectivity index (χ0) is 14.3. The summed E-state index contributed by atoms with van der Waals surface area (Å²) in [5, 5.41) is 11.8. The quantitative estimate of drug-likeness (QED) is 0.752. The van der Waals surface area contributed by atoms with Crippen LogP contribution in [0.3, 0.4) is 0 Å². The number of aromatic nitrogens is 2. The highest BCUT2D eigenvalue weighted by molar-refractivity contribution is 5.66. The van der Waals surface area contributed by atoms with Crippen molar-refractivity contribution in [3.63, 3.8) is 0 Å². The van der Waals surface area contributed by atoms with Gasteiger partial charge in [-0.1, -0.05) is 0 Å². The molecule has 0 radical (unpaired) electrons. The molecule has 0 fully saturated rings. The summed E-state index contributed by atoms with van der Waals surface area (Å²) in [4.78, 5) is 18.8. The zero-order valence-corrected chi connectivity index (χ0v) is 11.6. The van der Waals surface area contributed by atoms with Crippen LogP contribution < -0.4 is 10.1 Å². The number of hydrogen-bond donors (Lipinski definition) is 2. The third kappa shape index (κ3) is 6.59. The molecule has 0 saturated carbocycles. The second-order valence-electron chi connectivity index (χ2n) is 4.74. The Hall–Kier alpha value is -1.85. The molecule has 1 unspecified atom stereocenters. The zero-order valence-electron chi connectivity index (χ0n) is 11.6. The van der Waals surface area contributed by atoms with Gasteiger partial charge in [-0.2, -0.15) is 4.98 Å². The number of carboxylic acids is 1. The van der Waals surface area contributed by atoms with E-state index < -0.39 is 5.97 Å². The first-order chi connectivity index (χ1) is 8.97. The highest BCUT2D eigenvalue weighted by atomic mass is 16.5. The summed E-state index contributed by atoms with van der Waals surface area (Å²) in [6, 6.07) is 0.142. The molecule has 6 heteroatoms. The van der Waals surface area contributed by atoms with Gasteiger partial charge >= 0.3 is 5.97 Å². The lowest BCUT2D eigenvalue weighted by Crippen LogP contribution is -2.17. The van der Waals surface area contributed by atoms with Crippen molar-refractivity contribution in [1.82, 2.24) is 9.97 Å². The van der Waals surface area contributed by atoms with Crippen molar-refractivity contribution in [1.29, 1.82) is 0 Å². The maximum Gasteiger partial charge on any atom is 0.303 e. The van der Waals surface area contributed by atoms with Gasteiger partial charge in [0.05, 0.1) is 18.5 Å². The normalized spacial score (nSPS) is 12.2. The van der Waals surface area contributed by atoms with Crippen LogP contribution in [0, 0.1) is 0 Å². The highest BCUT2D eigenvalue weighted by Crippen LogP contribution is 2.13. The summed E-state index contributed by atoms with van der Waals surface area (Å²) in [5.74, 6) is 0.359. The number of ether oxygens (including phenoxy) is 1. The molecule has 0 aliphatic carbocycles. The van der Waals surface area contributed by atoms with Gasteiger partial charge in [0, 0.05) is 12.5 Å². The predicted octanol–water partition coefficient (Wildman–Crippen LogP) is 2.32. The van der Waals surface area contributed by atoms with Crippen LogP contribution in [0.4, 0.5) is 5.82 Å². The molecule has 0 aliphatic rings. The Balaban J connectivity index is 2.45. The van der Waals surface area contributed by atoms with Crippen LogP contribution in [0.25, 0.3) is 0 Å². The molecule has 0 aromatic carbocycles. The second-order valence-corrected chi connectivity index (χ2v) is 4.74. The van der Waals surface area contributed by atoms with E-state index in [1.165, 1.54) is 0 Å². The summed E-state index contributed by atoms with van der Waals surface area (Å²) in [6.45, 7) is 5.84. The number of nitrogens with zero attached hydrogens (tertiary/aromatic N) is 2. The van der Waals surface area contributed by atoms with Gasteiger partial charge in [-0.05, 0) is 33.6 Å². The van der Waals surface area contributed by atoms with Crippen LogP contribution in [0.2, 0.25) is 0 Å². The molecule has 2 N–H and O–H groups in total. The number of rotatable bonds is 8. The molecule has 0 aliphatic heterocycles. The van der Waals surface area contributed by atoms with Crippen molar-refractivity contribution in [2.45, 2.75) is 52.2 Å². The Bertz CT molecular complexity index is 410. The summed E-state index contributed by atoms with van der Waals surface area (Å²) in [6.07, 6.45) is 4.84. The average Bonchev–Trinajstić information content (AvgIpc) is 2.27. The van der Waals surface area contributed by atoms with Gasteiger partial charge in [0.15, 0.2) is 0 Å². The largest absolute Gasteiger partial charge is 0.481 e. The first-order valence-corrected chi connectivity index (χ1v) is 6.44. The van der Waals surface area contributed by atoms with E-state index in [1.54, 1.807) is 12.4 Å². The van der Waals surface area contributed by atoms with Gasteiger partial charge in [0.1, 0.15) is 5.82 Å². The second kappa shape index (κ2) is 7.56. The van der Waals surface area contributed by atoms with Gasteiger partial charge in [0.25, 0.3) is 0 Å². The Morgan fingerprint density at radius 1 is 1.42 bits per heavy atom. The number of hydrogen-bond acceptors (Lipinski definition) is 5. The first-order valence-electron chi connectivity index (χ1n) is 6.44. The van der Waals surface area contributed by atoms with E-state index in [0.717, 1.165) is 6.42 Å². The summed E-state index contributed by atoms with van der Waals surface area (Å²) >= 11 is 0. The maximum absolute atomic E-state index is 10.4. The van der Waals surface area contributed by atoms with Gasteiger partial charge in [-0.15, -0.1) is 0 Å². The molecule has 1 aromatic rings. The van der Waals surface area contributed by atoms with Crippen LogP contribution in [0.5, 0.6) is 5.88 Å². The summed E-state index contributed by atoms with van der Waals surface area (Å²) in [7, 11) is 0. The molecular formula is C13H21N3O3. The minimum atomic E-state index is -0.765. The van der Waals surface area contributed by atoms with E-state index in [1.807, 2.05) is 20.8 Å².